The topological polar surface area (TPSA) is 20.2 Å². The number of rotatable bonds is 38. The van der Waals surface area contributed by atoms with Crippen molar-refractivity contribution >= 4 is 28.9 Å². The molecule has 0 aliphatic rings. The molecule has 0 aliphatic carbocycles. The molecule has 0 saturated carbocycles. The number of aliphatic hydroxyl groups excluding tert-OH is 1. The maximum absolute atomic E-state index is 8.80. The Morgan fingerprint density at radius 2 is 0.419 bits per heavy atom. The van der Waals surface area contributed by atoms with Crippen molar-refractivity contribution in [3.8, 4) is 0 Å². The number of unbranched alkanes of at least 4 members (excludes halogenated alkanes) is 35. The molecule has 0 aromatic rings. The van der Waals surface area contributed by atoms with Crippen LogP contribution in [0.2, 0.25) is 12.6 Å². The van der Waals surface area contributed by atoms with Crippen LogP contribution >= 0.6 is 22.2 Å². The van der Waals surface area contributed by atoms with Gasteiger partial charge in [-0.15, -0.1) is 22.2 Å². The molecule has 0 aliphatic heterocycles. The molecule has 0 unspecified atom stereocenters. The molecule has 0 heterocycles. The minimum atomic E-state index is -1.84. The quantitative estimate of drug-likeness (QED) is 0.0396. The third kappa shape index (κ3) is 42.8. The average molecular weight is 664 g/mol. The van der Waals surface area contributed by atoms with Crippen LogP contribution in [-0.2, 0) is 0 Å². The van der Waals surface area contributed by atoms with E-state index in [0.29, 0.717) is 6.61 Å². The zero-order chi connectivity index (χ0) is 31.4. The predicted octanol–water partition coefficient (Wildman–Crippen LogP) is 15.6. The third-order valence-corrected chi connectivity index (χ3v) is 11.9. The molecule has 4 heteroatoms. The molecule has 0 atom stereocenters. The summed E-state index contributed by atoms with van der Waals surface area (Å²) in [7, 11) is 0. The summed E-state index contributed by atoms with van der Waals surface area (Å²) in [6, 6.07) is 1.06. The van der Waals surface area contributed by atoms with Gasteiger partial charge in [-0.1, -0.05) is 225 Å². The Balaban J connectivity index is 3.05. The van der Waals surface area contributed by atoms with Gasteiger partial charge in [-0.25, -0.2) is 0 Å². The highest BCUT2D eigenvalue weighted by Gasteiger charge is 2.19. The van der Waals surface area contributed by atoms with Gasteiger partial charge in [0.05, 0.1) is 0 Å². The second-order valence-corrected chi connectivity index (χ2v) is 22.5. The van der Waals surface area contributed by atoms with Crippen LogP contribution in [0.4, 0.5) is 0 Å². The van der Waals surface area contributed by atoms with E-state index in [1.165, 1.54) is 225 Å². The van der Waals surface area contributed by atoms with Crippen molar-refractivity contribution in [1.29, 1.82) is 0 Å². The first-order valence-electron chi connectivity index (χ1n) is 20.0. The highest BCUT2D eigenvalue weighted by molar-refractivity contribution is 7.44. The maximum Gasteiger partial charge on any atom is 0.248 e. The minimum absolute atomic E-state index is 0.372. The van der Waals surface area contributed by atoms with E-state index < -0.39 is 6.69 Å². The van der Waals surface area contributed by atoms with Gasteiger partial charge in [-0.2, -0.15) is 0 Å². The molecule has 0 fully saturated rings. The molecular formula is C39H80Cl2OSi. The summed E-state index contributed by atoms with van der Waals surface area (Å²) < 4.78 is 0. The highest BCUT2D eigenvalue weighted by atomic mass is 35.7. The fourth-order valence-electron chi connectivity index (χ4n) is 6.56. The highest BCUT2D eigenvalue weighted by Crippen LogP contribution is 2.23. The Bertz CT molecular complexity index is 496. The van der Waals surface area contributed by atoms with E-state index >= 15 is 0 Å². The molecule has 1 N–H and O–H groups in total. The summed E-state index contributed by atoms with van der Waals surface area (Å²) in [5.41, 5.74) is 0. The van der Waals surface area contributed by atoms with Crippen molar-refractivity contribution in [1.82, 2.24) is 0 Å². The van der Waals surface area contributed by atoms with E-state index in [9.17, 15) is 0 Å². The lowest BCUT2D eigenvalue weighted by atomic mass is 10.0. The molecule has 0 aromatic carbocycles. The summed E-state index contributed by atoms with van der Waals surface area (Å²) in [6.45, 7) is 0.569. The van der Waals surface area contributed by atoms with E-state index in [-0.39, 0.29) is 0 Å². The van der Waals surface area contributed by atoms with Gasteiger partial charge in [0.15, 0.2) is 0 Å². The van der Waals surface area contributed by atoms with E-state index in [1.54, 1.807) is 0 Å². The summed E-state index contributed by atoms with van der Waals surface area (Å²) in [4.78, 5) is 0. The lowest BCUT2D eigenvalue weighted by molar-refractivity contribution is 0.282. The second kappa shape index (κ2) is 37.2. The molecule has 0 spiro atoms. The van der Waals surface area contributed by atoms with Crippen molar-refractivity contribution in [2.24, 2.45) is 0 Å². The Morgan fingerprint density at radius 1 is 0.279 bits per heavy atom. The van der Waals surface area contributed by atoms with Crippen molar-refractivity contribution in [2.75, 3.05) is 6.61 Å². The smallest absolute Gasteiger partial charge is 0.248 e. The predicted molar refractivity (Wildman–Crippen MR) is 201 cm³/mol. The third-order valence-electron chi connectivity index (χ3n) is 9.52. The van der Waals surface area contributed by atoms with E-state index in [2.05, 4.69) is 0 Å². The van der Waals surface area contributed by atoms with Crippen molar-refractivity contribution in [3.63, 3.8) is 0 Å². The Morgan fingerprint density at radius 3 is 0.558 bits per heavy atom. The van der Waals surface area contributed by atoms with Gasteiger partial charge in [-0.3, -0.25) is 0 Å². The van der Waals surface area contributed by atoms with Gasteiger partial charge < -0.3 is 5.11 Å². The molecule has 0 aromatic heterocycles. The first-order valence-corrected chi connectivity index (χ1v) is 24.8. The minimum Gasteiger partial charge on any atom is -0.396 e. The second-order valence-electron chi connectivity index (χ2n) is 14.3. The zero-order valence-electron chi connectivity index (χ0n) is 29.6. The molecule has 0 bridgehead atoms. The monoisotopic (exact) mass is 663 g/mol. The number of halogens is 2. The van der Waals surface area contributed by atoms with Crippen LogP contribution in [0.3, 0.4) is 0 Å². The molecular weight excluding hydrogens is 583 g/mol. The van der Waals surface area contributed by atoms with Crippen molar-refractivity contribution < 1.29 is 5.11 Å². The van der Waals surface area contributed by atoms with Crippen molar-refractivity contribution in [2.45, 2.75) is 244 Å². The summed E-state index contributed by atoms with van der Waals surface area (Å²) in [5.74, 6) is 0. The van der Waals surface area contributed by atoms with E-state index in [4.69, 9.17) is 27.3 Å². The van der Waals surface area contributed by atoms with Crippen LogP contribution in [0.5, 0.6) is 0 Å². The van der Waals surface area contributed by atoms with E-state index in [1.807, 2.05) is 6.55 Å². The molecule has 0 radical (unpaired) electrons. The normalized spacial score (nSPS) is 12.0. The maximum atomic E-state index is 8.80. The molecule has 1 nitrogen and oxygen atoms in total. The van der Waals surface area contributed by atoms with E-state index in [0.717, 1.165) is 12.5 Å². The first kappa shape index (κ1) is 43.8. The SMILES string of the molecule is C[Si](Cl)(Cl)CCCCCCCCCCCCCCCCCCCCCCCCCCCCCCCCCCCCCCO. The molecule has 0 amide bonds. The Kier molecular flexibility index (Phi) is 37.9. The fourth-order valence-corrected chi connectivity index (χ4v) is 8.23. The standard InChI is InChI=1S/C39H80Cl2OSi/c1-43(40,41)39-37-35-33-31-29-27-25-23-21-19-17-15-13-11-9-7-5-3-2-4-6-8-10-12-14-16-18-20-22-24-26-28-30-32-34-36-38-42/h42H,2-39H2,1H3. The van der Waals surface area contributed by atoms with Crippen LogP contribution in [0, 0.1) is 0 Å². The summed E-state index contributed by atoms with van der Waals surface area (Å²) >= 11 is 12.3. The fraction of sp³-hybridized carbons (Fsp3) is 1.00. The molecule has 43 heavy (non-hydrogen) atoms. The van der Waals surface area contributed by atoms with Crippen LogP contribution in [0.1, 0.15) is 231 Å². The summed E-state index contributed by atoms with van der Waals surface area (Å²) in [5, 5.41) is 8.80. The lowest BCUT2D eigenvalue weighted by Gasteiger charge is -2.09. The molecule has 0 saturated heterocycles. The Hall–Kier alpha value is 0.757. The van der Waals surface area contributed by atoms with Crippen LogP contribution in [0.25, 0.3) is 0 Å². The average Bonchev–Trinajstić information content (AvgIpc) is 2.98. The van der Waals surface area contributed by atoms with Gasteiger partial charge in [0.1, 0.15) is 0 Å². The largest absolute Gasteiger partial charge is 0.396 e. The van der Waals surface area contributed by atoms with Crippen LogP contribution < -0.4 is 0 Å². The van der Waals surface area contributed by atoms with Crippen LogP contribution in [-0.4, -0.2) is 18.4 Å². The van der Waals surface area contributed by atoms with Gasteiger partial charge in [0, 0.05) is 6.61 Å². The van der Waals surface area contributed by atoms with Gasteiger partial charge >= 0.3 is 0 Å². The first-order chi connectivity index (χ1) is 21.1. The summed E-state index contributed by atoms with van der Waals surface area (Å²) in [6.07, 6.45) is 51.2. The number of hydrogen-bond donors (Lipinski definition) is 1. The number of hydrogen-bond acceptors (Lipinski definition) is 1. The molecule has 260 valence electrons. The van der Waals surface area contributed by atoms with Gasteiger partial charge in [0.25, 0.3) is 0 Å². The number of aliphatic hydroxyl groups is 1. The van der Waals surface area contributed by atoms with Gasteiger partial charge in [0.2, 0.25) is 6.69 Å². The van der Waals surface area contributed by atoms with Crippen LogP contribution in [0.15, 0.2) is 0 Å². The Labute approximate surface area is 283 Å². The zero-order valence-corrected chi connectivity index (χ0v) is 32.1. The van der Waals surface area contributed by atoms with Crippen molar-refractivity contribution in [3.05, 3.63) is 0 Å². The lowest BCUT2D eigenvalue weighted by Crippen LogP contribution is -2.11. The molecule has 0 rings (SSSR count). The van der Waals surface area contributed by atoms with Gasteiger partial charge in [-0.05, 0) is 19.0 Å².